The Morgan fingerprint density at radius 3 is 2.89 bits per heavy atom. The Morgan fingerprint density at radius 2 is 2.15 bits per heavy atom. The van der Waals surface area contributed by atoms with Crippen LogP contribution in [0.3, 0.4) is 0 Å². The Morgan fingerprint density at radius 1 is 1.30 bits per heavy atom. The van der Waals surface area contributed by atoms with Gasteiger partial charge in [-0.2, -0.15) is 0 Å². The number of hydrogen-bond acceptors (Lipinski definition) is 4. The minimum atomic E-state index is -0.450. The molecule has 27 heavy (non-hydrogen) atoms. The number of rotatable bonds is 7. The molecule has 3 rings (SSSR count). The van der Waals surface area contributed by atoms with Crippen LogP contribution in [-0.4, -0.2) is 31.8 Å². The number of ether oxygens (including phenoxy) is 2. The van der Waals surface area contributed by atoms with E-state index in [0.29, 0.717) is 25.4 Å². The lowest BCUT2D eigenvalue weighted by atomic mass is 10.2. The van der Waals surface area contributed by atoms with Crippen molar-refractivity contribution in [2.45, 2.75) is 13.0 Å². The van der Waals surface area contributed by atoms with Gasteiger partial charge in [0.05, 0.1) is 24.6 Å². The Kier molecular flexibility index (Phi) is 6.13. The molecule has 1 saturated heterocycles. The number of halogens is 2. The van der Waals surface area contributed by atoms with Gasteiger partial charge < -0.3 is 14.8 Å². The molecule has 0 saturated carbocycles. The molecule has 1 N–H and O–H groups in total. The van der Waals surface area contributed by atoms with Crippen LogP contribution in [0.25, 0.3) is 0 Å². The first kappa shape index (κ1) is 19.0. The highest BCUT2D eigenvalue weighted by atomic mass is 35.5. The van der Waals surface area contributed by atoms with Crippen molar-refractivity contribution >= 4 is 29.3 Å². The highest BCUT2D eigenvalue weighted by molar-refractivity contribution is 6.32. The highest BCUT2D eigenvalue weighted by Gasteiger charge is 2.23. The van der Waals surface area contributed by atoms with E-state index in [-0.39, 0.29) is 30.1 Å². The number of benzene rings is 2. The van der Waals surface area contributed by atoms with Crippen LogP contribution < -0.4 is 15.0 Å². The van der Waals surface area contributed by atoms with Gasteiger partial charge in [0.25, 0.3) is 0 Å². The molecule has 1 aliphatic rings. The lowest BCUT2D eigenvalue weighted by Gasteiger charge is -2.14. The maximum absolute atomic E-state index is 13.0. The van der Waals surface area contributed by atoms with E-state index in [1.54, 1.807) is 4.90 Å². The molecule has 8 heteroatoms. The normalized spacial score (nSPS) is 13.4. The van der Waals surface area contributed by atoms with Gasteiger partial charge in [-0.15, -0.1) is 0 Å². The van der Waals surface area contributed by atoms with Crippen LogP contribution in [0.2, 0.25) is 5.02 Å². The second kappa shape index (κ2) is 8.73. The van der Waals surface area contributed by atoms with Crippen molar-refractivity contribution < 1.29 is 23.5 Å². The standard InChI is InChI=1S/C19H18ClFN2O4/c20-16-11-14(21)4-5-17(16)26-8-6-18(24)22-12-13-2-1-3-15(10-13)23-7-9-27-19(23)25/h1-5,10-11H,6-9,12H2,(H,22,24). The number of nitrogens with zero attached hydrogens (tertiary/aromatic N) is 1. The van der Waals surface area contributed by atoms with Crippen LogP contribution in [0.15, 0.2) is 42.5 Å². The first-order valence-electron chi connectivity index (χ1n) is 8.41. The zero-order valence-corrected chi connectivity index (χ0v) is 15.2. The molecular weight excluding hydrogens is 375 g/mol. The van der Waals surface area contributed by atoms with Crippen LogP contribution in [0, 0.1) is 5.82 Å². The molecule has 142 valence electrons. The van der Waals surface area contributed by atoms with Gasteiger partial charge in [0.15, 0.2) is 0 Å². The summed E-state index contributed by atoms with van der Waals surface area (Å²) in [6.45, 7) is 1.33. The molecule has 0 spiro atoms. The summed E-state index contributed by atoms with van der Waals surface area (Å²) in [6, 6.07) is 11.1. The fraction of sp³-hybridized carbons (Fsp3) is 0.263. The number of anilines is 1. The highest BCUT2D eigenvalue weighted by Crippen LogP contribution is 2.25. The van der Waals surface area contributed by atoms with E-state index < -0.39 is 5.82 Å². The third-order valence-electron chi connectivity index (χ3n) is 3.95. The number of carbonyl (C=O) groups excluding carboxylic acids is 2. The van der Waals surface area contributed by atoms with Crippen molar-refractivity contribution in [3.63, 3.8) is 0 Å². The van der Waals surface area contributed by atoms with Gasteiger partial charge in [-0.3, -0.25) is 9.69 Å². The van der Waals surface area contributed by atoms with Gasteiger partial charge in [0.1, 0.15) is 18.2 Å². The van der Waals surface area contributed by atoms with Gasteiger partial charge >= 0.3 is 6.09 Å². The SMILES string of the molecule is O=C(CCOc1ccc(F)cc1Cl)NCc1cccc(N2CCOC2=O)c1. The average Bonchev–Trinajstić information content (AvgIpc) is 3.08. The smallest absolute Gasteiger partial charge is 0.414 e. The van der Waals surface area contributed by atoms with Crippen molar-refractivity contribution in [2.75, 3.05) is 24.7 Å². The molecule has 0 radical (unpaired) electrons. The lowest BCUT2D eigenvalue weighted by molar-refractivity contribution is -0.121. The van der Waals surface area contributed by atoms with Crippen LogP contribution in [0.5, 0.6) is 5.75 Å². The van der Waals surface area contributed by atoms with Crippen LogP contribution in [-0.2, 0) is 16.1 Å². The molecular formula is C19H18ClFN2O4. The largest absolute Gasteiger partial charge is 0.491 e. The summed E-state index contributed by atoms with van der Waals surface area (Å²) in [4.78, 5) is 25.1. The number of cyclic esters (lactones) is 1. The first-order valence-corrected chi connectivity index (χ1v) is 8.78. The summed E-state index contributed by atoms with van der Waals surface area (Å²) < 4.78 is 23.3. The molecule has 0 bridgehead atoms. The molecule has 0 unspecified atom stereocenters. The molecule has 1 heterocycles. The third-order valence-corrected chi connectivity index (χ3v) is 4.25. The predicted molar refractivity (Wildman–Crippen MR) is 98.5 cm³/mol. The summed E-state index contributed by atoms with van der Waals surface area (Å²) in [5.41, 5.74) is 1.60. The molecule has 1 fully saturated rings. The zero-order valence-electron chi connectivity index (χ0n) is 14.4. The van der Waals surface area contributed by atoms with E-state index in [1.165, 1.54) is 12.1 Å². The van der Waals surface area contributed by atoms with Gasteiger partial charge in [-0.25, -0.2) is 9.18 Å². The minimum absolute atomic E-state index is 0.122. The lowest BCUT2D eigenvalue weighted by Crippen LogP contribution is -2.25. The topological polar surface area (TPSA) is 67.9 Å². The van der Waals surface area contributed by atoms with Crippen molar-refractivity contribution in [1.29, 1.82) is 0 Å². The first-order chi connectivity index (χ1) is 13.0. The zero-order chi connectivity index (χ0) is 19.2. The molecule has 6 nitrogen and oxygen atoms in total. The van der Waals surface area contributed by atoms with Crippen LogP contribution in [0.4, 0.5) is 14.9 Å². The van der Waals surface area contributed by atoms with Gasteiger partial charge in [-0.05, 0) is 35.9 Å². The molecule has 0 atom stereocenters. The maximum atomic E-state index is 13.0. The van der Waals surface area contributed by atoms with Crippen molar-refractivity contribution in [2.24, 2.45) is 0 Å². The fourth-order valence-corrected chi connectivity index (χ4v) is 2.82. The molecule has 1 aliphatic heterocycles. The van der Waals surface area contributed by atoms with Crippen molar-refractivity contribution in [3.8, 4) is 5.75 Å². The van der Waals surface area contributed by atoms with Gasteiger partial charge in [0.2, 0.25) is 5.91 Å². The van der Waals surface area contributed by atoms with Gasteiger partial charge in [0, 0.05) is 12.2 Å². The maximum Gasteiger partial charge on any atom is 0.414 e. The Labute approximate surface area is 160 Å². The molecule has 0 aliphatic carbocycles. The number of nitrogens with one attached hydrogen (secondary N) is 1. The van der Waals surface area contributed by atoms with E-state index in [4.69, 9.17) is 21.1 Å². The van der Waals surface area contributed by atoms with Gasteiger partial charge in [-0.1, -0.05) is 23.7 Å². The Balaban J connectivity index is 1.46. The minimum Gasteiger partial charge on any atom is -0.491 e. The summed E-state index contributed by atoms with van der Waals surface area (Å²) >= 11 is 5.86. The molecule has 2 aromatic carbocycles. The number of carbonyl (C=O) groups is 2. The molecule has 0 aromatic heterocycles. The second-order valence-corrected chi connectivity index (χ2v) is 6.29. The third kappa shape index (κ3) is 5.10. The van der Waals surface area contributed by atoms with E-state index in [2.05, 4.69) is 5.32 Å². The molecule has 2 aromatic rings. The van der Waals surface area contributed by atoms with Crippen molar-refractivity contribution in [1.82, 2.24) is 5.32 Å². The summed E-state index contributed by atoms with van der Waals surface area (Å²) in [5.74, 6) is -0.315. The second-order valence-electron chi connectivity index (χ2n) is 5.89. The predicted octanol–water partition coefficient (Wildman–Crippen LogP) is 3.52. The van der Waals surface area contributed by atoms with E-state index in [1.807, 2.05) is 24.3 Å². The fourth-order valence-electron chi connectivity index (χ4n) is 2.60. The van der Waals surface area contributed by atoms with Crippen LogP contribution >= 0.6 is 11.6 Å². The van der Waals surface area contributed by atoms with Crippen molar-refractivity contribution in [3.05, 3.63) is 58.9 Å². The Hall–Kier alpha value is -2.80. The van der Waals surface area contributed by atoms with E-state index in [9.17, 15) is 14.0 Å². The summed E-state index contributed by atoms with van der Waals surface area (Å²) in [6.07, 6.45) is -0.237. The monoisotopic (exact) mass is 392 g/mol. The van der Waals surface area contributed by atoms with Crippen LogP contribution in [0.1, 0.15) is 12.0 Å². The van der Waals surface area contributed by atoms with E-state index in [0.717, 1.165) is 17.3 Å². The average molecular weight is 393 g/mol. The van der Waals surface area contributed by atoms with E-state index >= 15 is 0 Å². The Bertz CT molecular complexity index is 846. The quantitative estimate of drug-likeness (QED) is 0.782. The summed E-state index contributed by atoms with van der Waals surface area (Å²) in [7, 11) is 0. The molecule has 2 amide bonds. The summed E-state index contributed by atoms with van der Waals surface area (Å²) in [5, 5.41) is 2.95. The number of amides is 2. The number of hydrogen-bond donors (Lipinski definition) is 1.